The van der Waals surface area contributed by atoms with Gasteiger partial charge in [0, 0.05) is 19.1 Å². The van der Waals surface area contributed by atoms with Crippen molar-refractivity contribution in [3.8, 4) is 0 Å². The molecule has 0 radical (unpaired) electrons. The smallest absolute Gasteiger partial charge is 0.234 e. The third kappa shape index (κ3) is 4.58. The normalized spacial score (nSPS) is 18.1. The molecule has 0 unspecified atom stereocenters. The van der Waals surface area contributed by atoms with Gasteiger partial charge in [-0.25, -0.2) is 0 Å². The quantitative estimate of drug-likeness (QED) is 0.545. The van der Waals surface area contributed by atoms with Gasteiger partial charge in [0.1, 0.15) is 0 Å². The van der Waals surface area contributed by atoms with E-state index < -0.39 is 0 Å². The highest BCUT2D eigenvalue weighted by molar-refractivity contribution is 5.78. The van der Waals surface area contributed by atoms with E-state index in [0.717, 1.165) is 12.8 Å². The topological polar surface area (TPSA) is 67.1 Å². The molecular weight excluding hydrogens is 178 g/mol. The standard InChI is InChI=1S/C10H21N3O/c11-6-7-12-8-10(14)13-9-4-2-1-3-5-9/h9,12H,1-8,11H2,(H,13,14). The Morgan fingerprint density at radius 3 is 2.64 bits per heavy atom. The third-order valence-electron chi connectivity index (χ3n) is 2.58. The maximum atomic E-state index is 11.4. The van der Waals surface area contributed by atoms with E-state index in [4.69, 9.17) is 5.73 Å². The van der Waals surface area contributed by atoms with Crippen LogP contribution in [0.4, 0.5) is 0 Å². The minimum Gasteiger partial charge on any atom is -0.352 e. The molecule has 0 atom stereocenters. The van der Waals surface area contributed by atoms with Gasteiger partial charge in [-0.2, -0.15) is 0 Å². The van der Waals surface area contributed by atoms with Crippen molar-refractivity contribution in [1.82, 2.24) is 10.6 Å². The summed E-state index contributed by atoms with van der Waals surface area (Å²) >= 11 is 0. The predicted octanol–water partition coefficient (Wildman–Crippen LogP) is -0.0164. The van der Waals surface area contributed by atoms with Gasteiger partial charge in [-0.05, 0) is 12.8 Å². The third-order valence-corrected chi connectivity index (χ3v) is 2.58. The molecule has 0 spiro atoms. The molecule has 0 aromatic carbocycles. The lowest BCUT2D eigenvalue weighted by atomic mass is 9.95. The summed E-state index contributed by atoms with van der Waals surface area (Å²) in [4.78, 5) is 11.4. The van der Waals surface area contributed by atoms with Crippen LogP contribution < -0.4 is 16.4 Å². The first-order valence-electron chi connectivity index (χ1n) is 5.53. The summed E-state index contributed by atoms with van der Waals surface area (Å²) in [5.41, 5.74) is 5.30. The maximum absolute atomic E-state index is 11.4. The van der Waals surface area contributed by atoms with E-state index in [9.17, 15) is 4.79 Å². The Morgan fingerprint density at radius 2 is 2.00 bits per heavy atom. The molecule has 4 N–H and O–H groups in total. The van der Waals surface area contributed by atoms with E-state index >= 15 is 0 Å². The number of carbonyl (C=O) groups is 1. The van der Waals surface area contributed by atoms with Crippen molar-refractivity contribution < 1.29 is 4.79 Å². The second kappa shape index (κ2) is 6.79. The zero-order valence-electron chi connectivity index (χ0n) is 8.72. The average Bonchev–Trinajstić information content (AvgIpc) is 2.20. The first kappa shape index (κ1) is 11.5. The monoisotopic (exact) mass is 199 g/mol. The minimum atomic E-state index is 0.102. The van der Waals surface area contributed by atoms with Crippen molar-refractivity contribution in [2.75, 3.05) is 19.6 Å². The number of amides is 1. The molecule has 0 aromatic heterocycles. The van der Waals surface area contributed by atoms with Crippen LogP contribution in [0.15, 0.2) is 0 Å². The van der Waals surface area contributed by atoms with Gasteiger partial charge in [0.15, 0.2) is 0 Å². The van der Waals surface area contributed by atoms with Gasteiger partial charge in [-0.1, -0.05) is 19.3 Å². The molecule has 0 aromatic rings. The number of hydrogen-bond acceptors (Lipinski definition) is 3. The highest BCUT2D eigenvalue weighted by Gasteiger charge is 2.14. The highest BCUT2D eigenvalue weighted by atomic mass is 16.1. The van der Waals surface area contributed by atoms with Crippen LogP contribution in [0.3, 0.4) is 0 Å². The fraction of sp³-hybridized carbons (Fsp3) is 0.900. The molecule has 0 saturated heterocycles. The molecule has 1 aliphatic rings. The van der Waals surface area contributed by atoms with E-state index in [1.807, 2.05) is 0 Å². The van der Waals surface area contributed by atoms with Gasteiger partial charge in [0.05, 0.1) is 6.54 Å². The van der Waals surface area contributed by atoms with E-state index in [2.05, 4.69) is 10.6 Å². The van der Waals surface area contributed by atoms with Crippen LogP contribution in [-0.4, -0.2) is 31.6 Å². The summed E-state index contributed by atoms with van der Waals surface area (Å²) in [6.07, 6.45) is 6.10. The summed E-state index contributed by atoms with van der Waals surface area (Å²) in [6, 6.07) is 0.413. The van der Waals surface area contributed by atoms with Crippen LogP contribution in [0, 0.1) is 0 Å². The molecule has 1 aliphatic carbocycles. The summed E-state index contributed by atoms with van der Waals surface area (Å²) in [5, 5.41) is 6.02. The van der Waals surface area contributed by atoms with E-state index in [1.54, 1.807) is 0 Å². The van der Waals surface area contributed by atoms with Crippen molar-refractivity contribution in [2.45, 2.75) is 38.1 Å². The zero-order valence-corrected chi connectivity index (χ0v) is 8.72. The Balaban J connectivity index is 2.06. The van der Waals surface area contributed by atoms with Gasteiger partial charge in [-0.3, -0.25) is 4.79 Å². The first-order valence-corrected chi connectivity index (χ1v) is 5.53. The average molecular weight is 199 g/mol. The van der Waals surface area contributed by atoms with Crippen molar-refractivity contribution in [2.24, 2.45) is 5.73 Å². The summed E-state index contributed by atoms with van der Waals surface area (Å²) in [7, 11) is 0. The van der Waals surface area contributed by atoms with Crippen molar-refractivity contribution in [3.05, 3.63) is 0 Å². The van der Waals surface area contributed by atoms with Crippen molar-refractivity contribution in [3.63, 3.8) is 0 Å². The lowest BCUT2D eigenvalue weighted by Gasteiger charge is -2.22. The summed E-state index contributed by atoms with van der Waals surface area (Å²) < 4.78 is 0. The second-order valence-electron chi connectivity index (χ2n) is 3.87. The first-order chi connectivity index (χ1) is 6.83. The Morgan fingerprint density at radius 1 is 1.29 bits per heavy atom. The summed E-state index contributed by atoms with van der Waals surface area (Å²) in [6.45, 7) is 1.68. The molecule has 82 valence electrons. The van der Waals surface area contributed by atoms with Crippen LogP contribution in [0.1, 0.15) is 32.1 Å². The van der Waals surface area contributed by atoms with Crippen LogP contribution in [0.5, 0.6) is 0 Å². The Kier molecular flexibility index (Phi) is 5.56. The largest absolute Gasteiger partial charge is 0.352 e. The number of carbonyl (C=O) groups excluding carboxylic acids is 1. The van der Waals surface area contributed by atoms with Crippen LogP contribution in [0.25, 0.3) is 0 Å². The van der Waals surface area contributed by atoms with Crippen LogP contribution >= 0.6 is 0 Å². The van der Waals surface area contributed by atoms with Gasteiger partial charge in [0.25, 0.3) is 0 Å². The number of nitrogens with two attached hydrogens (primary N) is 1. The second-order valence-corrected chi connectivity index (χ2v) is 3.87. The van der Waals surface area contributed by atoms with Crippen molar-refractivity contribution >= 4 is 5.91 Å². The number of rotatable bonds is 5. The lowest BCUT2D eigenvalue weighted by Crippen LogP contribution is -2.42. The van der Waals surface area contributed by atoms with Gasteiger partial charge >= 0.3 is 0 Å². The van der Waals surface area contributed by atoms with Crippen LogP contribution in [0.2, 0.25) is 0 Å². The molecule has 1 saturated carbocycles. The molecule has 1 fully saturated rings. The van der Waals surface area contributed by atoms with Gasteiger partial charge in [0.2, 0.25) is 5.91 Å². The maximum Gasteiger partial charge on any atom is 0.234 e. The number of hydrogen-bond donors (Lipinski definition) is 3. The SMILES string of the molecule is NCCNCC(=O)NC1CCCCC1. The zero-order chi connectivity index (χ0) is 10.2. The molecule has 14 heavy (non-hydrogen) atoms. The molecule has 0 heterocycles. The summed E-state index contributed by atoms with van der Waals surface area (Å²) in [5.74, 6) is 0.102. The van der Waals surface area contributed by atoms with E-state index in [-0.39, 0.29) is 5.91 Å². The number of nitrogens with one attached hydrogen (secondary N) is 2. The molecule has 4 nitrogen and oxygen atoms in total. The Bertz CT molecular complexity index is 167. The molecule has 0 bridgehead atoms. The van der Waals surface area contributed by atoms with Crippen LogP contribution in [-0.2, 0) is 4.79 Å². The molecule has 1 rings (SSSR count). The van der Waals surface area contributed by atoms with E-state index in [1.165, 1.54) is 19.3 Å². The minimum absolute atomic E-state index is 0.102. The highest BCUT2D eigenvalue weighted by Crippen LogP contribution is 2.16. The molecule has 0 aliphatic heterocycles. The Hall–Kier alpha value is -0.610. The fourth-order valence-electron chi connectivity index (χ4n) is 1.83. The van der Waals surface area contributed by atoms with E-state index in [0.29, 0.717) is 25.7 Å². The molecular formula is C10H21N3O. The van der Waals surface area contributed by atoms with Crippen molar-refractivity contribution in [1.29, 1.82) is 0 Å². The van der Waals surface area contributed by atoms with Gasteiger partial charge in [-0.15, -0.1) is 0 Å². The molecule has 4 heteroatoms. The Labute approximate surface area is 85.6 Å². The predicted molar refractivity (Wildman–Crippen MR) is 56.9 cm³/mol. The lowest BCUT2D eigenvalue weighted by molar-refractivity contribution is -0.121. The molecule has 1 amide bonds. The van der Waals surface area contributed by atoms with Gasteiger partial charge < -0.3 is 16.4 Å². The fourth-order valence-corrected chi connectivity index (χ4v) is 1.83.